The van der Waals surface area contributed by atoms with Crippen LogP contribution < -0.4 is 5.32 Å². The fourth-order valence-electron chi connectivity index (χ4n) is 2.21. The quantitative estimate of drug-likeness (QED) is 0.880. The fraction of sp³-hybridized carbons (Fsp3) is 0.250. The summed E-state index contributed by atoms with van der Waals surface area (Å²) in [6.45, 7) is 1.95. The summed E-state index contributed by atoms with van der Waals surface area (Å²) in [5.74, 6) is -1.07. The minimum atomic E-state index is -0.534. The van der Waals surface area contributed by atoms with E-state index in [0.717, 1.165) is 11.1 Å². The second-order valence-corrected chi connectivity index (χ2v) is 5.18. The Kier molecular flexibility index (Phi) is 4.73. The van der Waals surface area contributed by atoms with Crippen LogP contribution in [0, 0.1) is 18.6 Å². The molecule has 0 saturated heterocycles. The number of rotatable bonds is 4. The lowest BCUT2D eigenvalue weighted by Gasteiger charge is -2.19. The van der Waals surface area contributed by atoms with Gasteiger partial charge in [-0.05, 0) is 49.7 Å². The molecule has 20 heavy (non-hydrogen) atoms. The summed E-state index contributed by atoms with van der Waals surface area (Å²) in [6, 6.07) is 9.32. The molecular weight excluding hydrogens is 280 g/mol. The minimum absolute atomic E-state index is 0.0727. The highest BCUT2D eigenvalue weighted by atomic mass is 35.5. The fourth-order valence-corrected chi connectivity index (χ4v) is 2.58. The number of nitrogens with one attached hydrogen (secondary N) is 1. The van der Waals surface area contributed by atoms with Gasteiger partial charge in [-0.3, -0.25) is 0 Å². The predicted octanol–water partition coefficient (Wildman–Crippen LogP) is 4.43. The molecule has 4 heteroatoms. The van der Waals surface area contributed by atoms with Gasteiger partial charge in [0.1, 0.15) is 11.6 Å². The van der Waals surface area contributed by atoms with E-state index in [1.807, 2.05) is 25.1 Å². The number of likely N-dealkylation sites (N-methyl/N-ethyl adjacent to an activating group) is 1. The number of benzene rings is 2. The Labute approximate surface area is 122 Å². The van der Waals surface area contributed by atoms with E-state index in [-0.39, 0.29) is 18.0 Å². The molecule has 0 heterocycles. The smallest absolute Gasteiger partial charge is 0.129 e. The van der Waals surface area contributed by atoms with Gasteiger partial charge in [-0.2, -0.15) is 0 Å². The van der Waals surface area contributed by atoms with Crippen LogP contribution in [-0.4, -0.2) is 7.05 Å². The zero-order chi connectivity index (χ0) is 14.7. The third-order valence-electron chi connectivity index (χ3n) is 3.35. The molecule has 2 aromatic carbocycles. The second kappa shape index (κ2) is 6.33. The molecule has 1 atom stereocenters. The second-order valence-electron chi connectivity index (χ2n) is 4.77. The van der Waals surface area contributed by atoms with Crippen LogP contribution >= 0.6 is 11.6 Å². The van der Waals surface area contributed by atoms with E-state index in [2.05, 4.69) is 5.32 Å². The van der Waals surface area contributed by atoms with Crippen LogP contribution in [-0.2, 0) is 6.42 Å². The van der Waals surface area contributed by atoms with Gasteiger partial charge in [-0.15, -0.1) is 0 Å². The summed E-state index contributed by atoms with van der Waals surface area (Å²) >= 11 is 6.22. The summed E-state index contributed by atoms with van der Waals surface area (Å²) in [5, 5.41) is 3.66. The minimum Gasteiger partial charge on any atom is -0.313 e. The topological polar surface area (TPSA) is 12.0 Å². The van der Waals surface area contributed by atoms with Crippen molar-refractivity contribution in [3.8, 4) is 0 Å². The number of halogens is 3. The molecule has 0 aliphatic heterocycles. The van der Waals surface area contributed by atoms with Gasteiger partial charge in [-0.1, -0.05) is 29.8 Å². The zero-order valence-electron chi connectivity index (χ0n) is 11.4. The molecule has 0 fully saturated rings. The van der Waals surface area contributed by atoms with E-state index in [1.165, 1.54) is 18.2 Å². The van der Waals surface area contributed by atoms with E-state index >= 15 is 0 Å². The van der Waals surface area contributed by atoms with Gasteiger partial charge in [0, 0.05) is 16.6 Å². The molecule has 2 aromatic rings. The van der Waals surface area contributed by atoms with Gasteiger partial charge in [0.05, 0.1) is 0 Å². The normalized spacial score (nSPS) is 12.4. The molecule has 0 aliphatic carbocycles. The molecule has 106 valence electrons. The molecule has 0 aromatic heterocycles. The Morgan fingerprint density at radius 3 is 2.35 bits per heavy atom. The first-order valence-electron chi connectivity index (χ1n) is 6.39. The first kappa shape index (κ1) is 14.9. The SMILES string of the molecule is CNC(Cc1c(F)cccc1F)c1ccc(C)cc1Cl. The van der Waals surface area contributed by atoms with Crippen molar-refractivity contribution in [1.82, 2.24) is 5.32 Å². The van der Waals surface area contributed by atoms with Gasteiger partial charge in [-0.25, -0.2) is 8.78 Å². The average molecular weight is 296 g/mol. The number of hydrogen-bond donors (Lipinski definition) is 1. The summed E-state index contributed by atoms with van der Waals surface area (Å²) in [5.41, 5.74) is 1.96. The molecule has 0 bridgehead atoms. The van der Waals surface area contributed by atoms with Crippen molar-refractivity contribution >= 4 is 11.6 Å². The molecule has 0 saturated carbocycles. The summed E-state index contributed by atoms with van der Waals surface area (Å²) < 4.78 is 27.5. The summed E-state index contributed by atoms with van der Waals surface area (Å²) in [7, 11) is 1.75. The van der Waals surface area contributed by atoms with Crippen LogP contribution in [0.2, 0.25) is 5.02 Å². The zero-order valence-corrected chi connectivity index (χ0v) is 12.1. The maximum absolute atomic E-state index is 13.7. The van der Waals surface area contributed by atoms with Gasteiger partial charge in [0.15, 0.2) is 0 Å². The molecule has 0 spiro atoms. The highest BCUT2D eigenvalue weighted by Crippen LogP contribution is 2.28. The average Bonchev–Trinajstić information content (AvgIpc) is 2.40. The van der Waals surface area contributed by atoms with E-state index in [4.69, 9.17) is 11.6 Å². The van der Waals surface area contributed by atoms with Crippen LogP contribution in [0.1, 0.15) is 22.7 Å². The Morgan fingerprint density at radius 1 is 1.15 bits per heavy atom. The maximum Gasteiger partial charge on any atom is 0.129 e. The predicted molar refractivity (Wildman–Crippen MR) is 78.1 cm³/mol. The van der Waals surface area contributed by atoms with Gasteiger partial charge in [0.2, 0.25) is 0 Å². The van der Waals surface area contributed by atoms with E-state index < -0.39 is 11.6 Å². The first-order chi connectivity index (χ1) is 9.52. The van der Waals surface area contributed by atoms with E-state index in [9.17, 15) is 8.78 Å². The Hall–Kier alpha value is -1.45. The lowest BCUT2D eigenvalue weighted by molar-refractivity contribution is 0.515. The van der Waals surface area contributed by atoms with E-state index in [1.54, 1.807) is 7.05 Å². The molecule has 0 radical (unpaired) electrons. The van der Waals surface area contributed by atoms with Crippen molar-refractivity contribution in [2.45, 2.75) is 19.4 Å². The molecular formula is C16H16ClF2N. The Balaban J connectivity index is 2.34. The van der Waals surface area contributed by atoms with Crippen LogP contribution in [0.3, 0.4) is 0 Å². The van der Waals surface area contributed by atoms with E-state index in [0.29, 0.717) is 5.02 Å². The number of hydrogen-bond acceptors (Lipinski definition) is 1. The first-order valence-corrected chi connectivity index (χ1v) is 6.77. The van der Waals surface area contributed by atoms with Gasteiger partial charge < -0.3 is 5.32 Å². The largest absolute Gasteiger partial charge is 0.313 e. The van der Waals surface area contributed by atoms with Gasteiger partial charge >= 0.3 is 0 Å². The lowest BCUT2D eigenvalue weighted by atomic mass is 9.97. The van der Waals surface area contributed by atoms with Crippen molar-refractivity contribution in [2.75, 3.05) is 7.05 Å². The third kappa shape index (κ3) is 3.17. The van der Waals surface area contributed by atoms with Crippen molar-refractivity contribution in [2.24, 2.45) is 0 Å². The molecule has 1 N–H and O–H groups in total. The summed E-state index contributed by atoms with van der Waals surface area (Å²) in [4.78, 5) is 0. The lowest BCUT2D eigenvalue weighted by Crippen LogP contribution is -2.20. The molecule has 0 aliphatic rings. The van der Waals surface area contributed by atoms with Crippen molar-refractivity contribution in [1.29, 1.82) is 0 Å². The molecule has 1 nitrogen and oxygen atoms in total. The van der Waals surface area contributed by atoms with Crippen LogP contribution in [0.5, 0.6) is 0 Å². The molecule has 0 amide bonds. The van der Waals surface area contributed by atoms with Crippen LogP contribution in [0.4, 0.5) is 8.78 Å². The van der Waals surface area contributed by atoms with Crippen molar-refractivity contribution < 1.29 is 8.78 Å². The Bertz CT molecular complexity index is 593. The highest BCUT2D eigenvalue weighted by Gasteiger charge is 2.18. The molecule has 1 unspecified atom stereocenters. The van der Waals surface area contributed by atoms with Crippen molar-refractivity contribution in [3.05, 3.63) is 69.7 Å². The maximum atomic E-state index is 13.7. The number of aryl methyl sites for hydroxylation is 1. The van der Waals surface area contributed by atoms with Crippen LogP contribution in [0.15, 0.2) is 36.4 Å². The monoisotopic (exact) mass is 295 g/mol. The van der Waals surface area contributed by atoms with Crippen LogP contribution in [0.25, 0.3) is 0 Å². The Morgan fingerprint density at radius 2 is 1.80 bits per heavy atom. The summed E-state index contributed by atoms with van der Waals surface area (Å²) in [6.07, 6.45) is 0.206. The van der Waals surface area contributed by atoms with Gasteiger partial charge in [0.25, 0.3) is 0 Å². The molecule has 2 rings (SSSR count). The van der Waals surface area contributed by atoms with Crippen molar-refractivity contribution in [3.63, 3.8) is 0 Å². The highest BCUT2D eigenvalue weighted by molar-refractivity contribution is 6.31. The standard InChI is InChI=1S/C16H16ClF2N/c1-10-6-7-11(13(17)8-10)16(20-2)9-12-14(18)4-3-5-15(12)19/h3-8,16,20H,9H2,1-2H3. The third-order valence-corrected chi connectivity index (χ3v) is 3.68.